The molecule has 2 aromatic rings. The highest BCUT2D eigenvalue weighted by molar-refractivity contribution is 5.96. The van der Waals surface area contributed by atoms with Gasteiger partial charge in [-0.1, -0.05) is 13.8 Å². The van der Waals surface area contributed by atoms with E-state index in [0.717, 1.165) is 12.8 Å². The minimum atomic E-state index is -0.486. The largest absolute Gasteiger partial charge is 0.399 e. The second-order valence-electron chi connectivity index (χ2n) is 6.03. The number of anilines is 3. The predicted octanol–water partition coefficient (Wildman–Crippen LogP) is 4.18. The Morgan fingerprint density at radius 2 is 1.73 bits per heavy atom. The van der Waals surface area contributed by atoms with E-state index in [1.54, 1.807) is 41.3 Å². The van der Waals surface area contributed by atoms with Crippen LogP contribution in [0.5, 0.6) is 0 Å². The van der Waals surface area contributed by atoms with Crippen LogP contribution in [0.4, 0.5) is 22.7 Å². The fraction of sp³-hybridized carbons (Fsp3) is 0.316. The van der Waals surface area contributed by atoms with Crippen molar-refractivity contribution in [2.45, 2.75) is 26.7 Å². The van der Waals surface area contributed by atoms with Crippen molar-refractivity contribution in [2.24, 2.45) is 0 Å². The molecular formula is C19H24N4O3. The number of benzene rings is 2. The van der Waals surface area contributed by atoms with Crippen LogP contribution in [0.15, 0.2) is 42.5 Å². The molecule has 0 saturated carbocycles. The first-order valence-corrected chi connectivity index (χ1v) is 8.66. The summed E-state index contributed by atoms with van der Waals surface area (Å²) in [4.78, 5) is 25.4. The van der Waals surface area contributed by atoms with E-state index in [9.17, 15) is 14.9 Å². The van der Waals surface area contributed by atoms with Gasteiger partial charge in [0.1, 0.15) is 5.69 Å². The Bertz CT molecular complexity index is 769. The van der Waals surface area contributed by atoms with Crippen molar-refractivity contribution < 1.29 is 9.72 Å². The molecule has 138 valence electrons. The average molecular weight is 356 g/mol. The average Bonchev–Trinajstić information content (AvgIpc) is 2.63. The molecule has 0 saturated heterocycles. The zero-order valence-corrected chi connectivity index (χ0v) is 15.1. The first-order chi connectivity index (χ1) is 12.5. The Hall–Kier alpha value is -3.09. The highest BCUT2D eigenvalue weighted by Gasteiger charge is 2.20. The van der Waals surface area contributed by atoms with Gasteiger partial charge in [0, 0.05) is 36.1 Å². The van der Waals surface area contributed by atoms with Gasteiger partial charge in [0.2, 0.25) is 0 Å². The molecule has 0 aliphatic carbocycles. The highest BCUT2D eigenvalue weighted by atomic mass is 16.6. The number of carbonyl (C=O) groups excluding carboxylic acids is 1. The first kappa shape index (κ1) is 19.2. The van der Waals surface area contributed by atoms with Crippen molar-refractivity contribution in [3.63, 3.8) is 0 Å². The topological polar surface area (TPSA) is 102 Å². The van der Waals surface area contributed by atoms with Gasteiger partial charge < -0.3 is 16.0 Å². The number of hydrogen-bond acceptors (Lipinski definition) is 5. The summed E-state index contributed by atoms with van der Waals surface area (Å²) in [5.41, 5.74) is 7.45. The molecule has 0 spiro atoms. The molecule has 0 radical (unpaired) electrons. The number of hydrogen-bond donors (Lipinski definition) is 2. The van der Waals surface area contributed by atoms with Crippen LogP contribution in [0, 0.1) is 10.1 Å². The molecule has 0 aromatic heterocycles. The summed E-state index contributed by atoms with van der Waals surface area (Å²) in [6, 6.07) is 11.4. The Kier molecular flexibility index (Phi) is 6.54. The smallest absolute Gasteiger partial charge is 0.293 e. The third kappa shape index (κ3) is 4.72. The van der Waals surface area contributed by atoms with Crippen LogP contribution in [-0.4, -0.2) is 28.8 Å². The van der Waals surface area contributed by atoms with E-state index in [4.69, 9.17) is 5.73 Å². The molecule has 0 unspecified atom stereocenters. The first-order valence-electron chi connectivity index (χ1n) is 8.66. The number of nitro benzene ring substituents is 1. The SMILES string of the molecule is CCCN(CCC)C(=O)c1ccc(Nc2ccc(N)cc2)c([N+](=O)[O-])c1. The third-order valence-corrected chi connectivity index (χ3v) is 3.91. The van der Waals surface area contributed by atoms with Gasteiger partial charge in [-0.25, -0.2) is 0 Å². The monoisotopic (exact) mass is 356 g/mol. The standard InChI is InChI=1S/C19H24N4O3/c1-3-11-22(12-4-2)19(24)14-5-10-17(18(13-14)23(25)26)21-16-8-6-15(20)7-9-16/h5-10,13,21H,3-4,11-12,20H2,1-2H3. The minimum Gasteiger partial charge on any atom is -0.399 e. The molecule has 7 heteroatoms. The van der Waals surface area contributed by atoms with E-state index < -0.39 is 4.92 Å². The minimum absolute atomic E-state index is 0.138. The molecule has 3 N–H and O–H groups in total. The quantitative estimate of drug-likeness (QED) is 0.420. The normalized spacial score (nSPS) is 10.4. The lowest BCUT2D eigenvalue weighted by Crippen LogP contribution is -2.32. The zero-order chi connectivity index (χ0) is 19.1. The van der Waals surface area contributed by atoms with Crippen LogP contribution in [0.25, 0.3) is 0 Å². The van der Waals surface area contributed by atoms with E-state index >= 15 is 0 Å². The van der Waals surface area contributed by atoms with Crippen LogP contribution in [0.2, 0.25) is 0 Å². The molecule has 0 heterocycles. The molecule has 2 rings (SSSR count). The van der Waals surface area contributed by atoms with Gasteiger partial charge in [-0.3, -0.25) is 14.9 Å². The summed E-state index contributed by atoms with van der Waals surface area (Å²) in [5, 5.41) is 14.5. The Morgan fingerprint density at radius 1 is 1.12 bits per heavy atom. The van der Waals surface area contributed by atoms with Gasteiger partial charge in [-0.2, -0.15) is 0 Å². The Balaban J connectivity index is 2.31. The van der Waals surface area contributed by atoms with Crippen molar-refractivity contribution in [1.82, 2.24) is 4.90 Å². The molecule has 1 amide bonds. The maximum atomic E-state index is 12.7. The second-order valence-corrected chi connectivity index (χ2v) is 6.03. The fourth-order valence-corrected chi connectivity index (χ4v) is 2.68. The van der Waals surface area contributed by atoms with E-state index in [1.807, 2.05) is 13.8 Å². The van der Waals surface area contributed by atoms with Gasteiger partial charge in [0.25, 0.3) is 11.6 Å². The number of carbonyl (C=O) groups is 1. The van der Waals surface area contributed by atoms with E-state index in [-0.39, 0.29) is 11.6 Å². The van der Waals surface area contributed by atoms with Crippen molar-refractivity contribution in [3.05, 3.63) is 58.1 Å². The molecule has 0 aliphatic heterocycles. The number of nitrogens with one attached hydrogen (secondary N) is 1. The maximum absolute atomic E-state index is 12.7. The van der Waals surface area contributed by atoms with Gasteiger partial charge in [0.05, 0.1) is 4.92 Å². The summed E-state index contributed by atoms with van der Waals surface area (Å²) in [6.45, 7) is 5.26. The number of nitrogens with zero attached hydrogens (tertiary/aromatic N) is 2. The van der Waals surface area contributed by atoms with Crippen LogP contribution in [0.1, 0.15) is 37.0 Å². The van der Waals surface area contributed by atoms with E-state index in [1.165, 1.54) is 6.07 Å². The van der Waals surface area contributed by atoms with Crippen LogP contribution >= 0.6 is 0 Å². The molecule has 0 fully saturated rings. The molecule has 26 heavy (non-hydrogen) atoms. The van der Waals surface area contributed by atoms with Gasteiger partial charge in [-0.15, -0.1) is 0 Å². The number of rotatable bonds is 8. The number of amides is 1. The fourth-order valence-electron chi connectivity index (χ4n) is 2.68. The van der Waals surface area contributed by atoms with Gasteiger partial charge >= 0.3 is 0 Å². The molecule has 7 nitrogen and oxygen atoms in total. The predicted molar refractivity (Wildman–Crippen MR) is 104 cm³/mol. The lowest BCUT2D eigenvalue weighted by Gasteiger charge is -2.21. The summed E-state index contributed by atoms with van der Waals surface area (Å²) >= 11 is 0. The summed E-state index contributed by atoms with van der Waals surface area (Å²) < 4.78 is 0. The van der Waals surface area contributed by atoms with Crippen LogP contribution < -0.4 is 11.1 Å². The van der Waals surface area contributed by atoms with Crippen molar-refractivity contribution >= 4 is 28.7 Å². The van der Waals surface area contributed by atoms with Crippen molar-refractivity contribution in [2.75, 3.05) is 24.1 Å². The summed E-state index contributed by atoms with van der Waals surface area (Å²) in [6.07, 6.45) is 1.68. The Labute approximate surface area is 153 Å². The highest BCUT2D eigenvalue weighted by Crippen LogP contribution is 2.29. The number of nitrogen functional groups attached to an aromatic ring is 1. The maximum Gasteiger partial charge on any atom is 0.293 e. The third-order valence-electron chi connectivity index (χ3n) is 3.91. The lowest BCUT2D eigenvalue weighted by atomic mass is 10.1. The summed E-state index contributed by atoms with van der Waals surface area (Å²) in [5.74, 6) is -0.184. The molecule has 0 bridgehead atoms. The van der Waals surface area contributed by atoms with Gasteiger partial charge in [0.15, 0.2) is 0 Å². The summed E-state index contributed by atoms with van der Waals surface area (Å²) in [7, 11) is 0. The lowest BCUT2D eigenvalue weighted by molar-refractivity contribution is -0.383. The van der Waals surface area contributed by atoms with E-state index in [2.05, 4.69) is 5.32 Å². The van der Waals surface area contributed by atoms with Crippen molar-refractivity contribution in [3.8, 4) is 0 Å². The second kappa shape index (κ2) is 8.84. The van der Waals surface area contributed by atoms with Crippen LogP contribution in [-0.2, 0) is 0 Å². The molecular weight excluding hydrogens is 332 g/mol. The van der Waals surface area contributed by atoms with Gasteiger partial charge in [-0.05, 0) is 49.2 Å². The zero-order valence-electron chi connectivity index (χ0n) is 15.1. The molecule has 0 aliphatic rings. The van der Waals surface area contributed by atoms with Crippen LogP contribution in [0.3, 0.4) is 0 Å². The molecule has 0 atom stereocenters. The number of nitro groups is 1. The molecule has 2 aromatic carbocycles. The Morgan fingerprint density at radius 3 is 2.27 bits per heavy atom. The van der Waals surface area contributed by atoms with E-state index in [0.29, 0.717) is 35.7 Å². The number of nitrogens with two attached hydrogens (primary N) is 1. The van der Waals surface area contributed by atoms with Crippen molar-refractivity contribution in [1.29, 1.82) is 0 Å².